The summed E-state index contributed by atoms with van der Waals surface area (Å²) in [4.78, 5) is 27.7. The summed E-state index contributed by atoms with van der Waals surface area (Å²) in [6.45, 7) is 1.79. The number of anilines is 1. The molecular formula is C17H15N5O2. The molecule has 3 rings (SSSR count). The van der Waals surface area contributed by atoms with Gasteiger partial charge in [0.2, 0.25) is 5.91 Å². The Morgan fingerprint density at radius 2 is 1.88 bits per heavy atom. The SMILES string of the molecule is Cc1ccc(NC(=O)c2ccc(-c3ncn[nH]3)cc2)cc1C(N)=O. The van der Waals surface area contributed by atoms with Gasteiger partial charge >= 0.3 is 0 Å². The van der Waals surface area contributed by atoms with E-state index in [1.165, 1.54) is 6.33 Å². The van der Waals surface area contributed by atoms with Crippen LogP contribution in [0.4, 0.5) is 5.69 Å². The second kappa shape index (κ2) is 6.33. The maximum absolute atomic E-state index is 12.3. The van der Waals surface area contributed by atoms with Crippen molar-refractivity contribution in [3.63, 3.8) is 0 Å². The number of carbonyl (C=O) groups excluding carboxylic acids is 2. The van der Waals surface area contributed by atoms with Crippen LogP contribution in [0.5, 0.6) is 0 Å². The number of H-pyrrole nitrogens is 1. The summed E-state index contributed by atoms with van der Waals surface area (Å²) >= 11 is 0. The van der Waals surface area contributed by atoms with Gasteiger partial charge in [-0.1, -0.05) is 18.2 Å². The van der Waals surface area contributed by atoms with E-state index in [2.05, 4.69) is 20.5 Å². The predicted molar refractivity (Wildman–Crippen MR) is 89.5 cm³/mol. The summed E-state index contributed by atoms with van der Waals surface area (Å²) in [5, 5.41) is 9.30. The zero-order chi connectivity index (χ0) is 17.1. The van der Waals surface area contributed by atoms with Crippen LogP contribution in [0.25, 0.3) is 11.4 Å². The Morgan fingerprint density at radius 1 is 1.12 bits per heavy atom. The van der Waals surface area contributed by atoms with Gasteiger partial charge in [-0.25, -0.2) is 4.98 Å². The Labute approximate surface area is 137 Å². The minimum absolute atomic E-state index is 0.279. The summed E-state index contributed by atoms with van der Waals surface area (Å²) in [5.74, 6) is -0.176. The molecule has 0 saturated carbocycles. The number of hydrogen-bond acceptors (Lipinski definition) is 4. The smallest absolute Gasteiger partial charge is 0.255 e. The Bertz CT molecular complexity index is 886. The number of nitrogens with two attached hydrogens (primary N) is 1. The molecule has 0 aliphatic heterocycles. The molecule has 0 radical (unpaired) electrons. The largest absolute Gasteiger partial charge is 0.366 e. The minimum Gasteiger partial charge on any atom is -0.366 e. The zero-order valence-electron chi connectivity index (χ0n) is 12.9. The third-order valence-electron chi connectivity index (χ3n) is 3.60. The monoisotopic (exact) mass is 321 g/mol. The number of hydrogen-bond donors (Lipinski definition) is 3. The van der Waals surface area contributed by atoms with Gasteiger partial charge < -0.3 is 11.1 Å². The van der Waals surface area contributed by atoms with Gasteiger partial charge in [0, 0.05) is 22.4 Å². The number of nitrogens with one attached hydrogen (secondary N) is 2. The van der Waals surface area contributed by atoms with E-state index in [0.717, 1.165) is 11.1 Å². The highest BCUT2D eigenvalue weighted by atomic mass is 16.2. The molecule has 120 valence electrons. The van der Waals surface area contributed by atoms with E-state index in [0.29, 0.717) is 22.6 Å². The average molecular weight is 321 g/mol. The molecule has 0 unspecified atom stereocenters. The fraction of sp³-hybridized carbons (Fsp3) is 0.0588. The highest BCUT2D eigenvalue weighted by molar-refractivity contribution is 6.05. The van der Waals surface area contributed by atoms with E-state index in [4.69, 9.17) is 5.73 Å². The molecule has 7 heteroatoms. The Morgan fingerprint density at radius 3 is 2.50 bits per heavy atom. The maximum atomic E-state index is 12.3. The number of rotatable bonds is 4. The third-order valence-corrected chi connectivity index (χ3v) is 3.60. The Balaban J connectivity index is 1.78. The van der Waals surface area contributed by atoms with Crippen molar-refractivity contribution in [2.24, 2.45) is 5.73 Å². The van der Waals surface area contributed by atoms with Gasteiger partial charge in [0.1, 0.15) is 6.33 Å². The van der Waals surface area contributed by atoms with E-state index >= 15 is 0 Å². The number of benzene rings is 2. The van der Waals surface area contributed by atoms with Crippen LogP contribution < -0.4 is 11.1 Å². The van der Waals surface area contributed by atoms with Crippen LogP contribution in [0.1, 0.15) is 26.3 Å². The molecule has 2 aromatic carbocycles. The van der Waals surface area contributed by atoms with Crippen LogP contribution >= 0.6 is 0 Å². The van der Waals surface area contributed by atoms with Gasteiger partial charge in [0.05, 0.1) is 0 Å². The summed E-state index contributed by atoms with van der Waals surface area (Å²) in [7, 11) is 0. The van der Waals surface area contributed by atoms with Crippen molar-refractivity contribution in [3.05, 3.63) is 65.5 Å². The van der Waals surface area contributed by atoms with Gasteiger partial charge in [0.15, 0.2) is 5.82 Å². The number of aryl methyl sites for hydroxylation is 1. The van der Waals surface area contributed by atoms with E-state index < -0.39 is 5.91 Å². The van der Waals surface area contributed by atoms with Crippen molar-refractivity contribution in [2.75, 3.05) is 5.32 Å². The van der Waals surface area contributed by atoms with E-state index in [1.807, 2.05) is 0 Å². The highest BCUT2D eigenvalue weighted by Gasteiger charge is 2.10. The number of nitrogens with zero attached hydrogens (tertiary/aromatic N) is 2. The van der Waals surface area contributed by atoms with Crippen LogP contribution in [0.3, 0.4) is 0 Å². The van der Waals surface area contributed by atoms with Crippen molar-refractivity contribution >= 4 is 17.5 Å². The number of aromatic amines is 1. The summed E-state index contributed by atoms with van der Waals surface area (Å²) in [6.07, 6.45) is 1.42. The standard InChI is InChI=1S/C17H15N5O2/c1-10-2-7-13(8-14(10)15(18)23)21-17(24)12-5-3-11(4-6-12)16-19-9-20-22-16/h2-9H,1H3,(H2,18,23)(H,21,24)(H,19,20,22). The molecule has 0 atom stereocenters. The maximum Gasteiger partial charge on any atom is 0.255 e. The molecule has 0 bridgehead atoms. The van der Waals surface area contributed by atoms with Crippen LogP contribution in [0, 0.1) is 6.92 Å². The van der Waals surface area contributed by atoms with Crippen molar-refractivity contribution in [1.29, 1.82) is 0 Å². The first-order valence-electron chi connectivity index (χ1n) is 7.22. The van der Waals surface area contributed by atoms with Crippen LogP contribution in [-0.2, 0) is 0 Å². The third kappa shape index (κ3) is 3.14. The summed E-state index contributed by atoms with van der Waals surface area (Å²) < 4.78 is 0. The Hall–Kier alpha value is -3.48. The van der Waals surface area contributed by atoms with Gasteiger partial charge in [-0.05, 0) is 36.8 Å². The number of primary amides is 1. The van der Waals surface area contributed by atoms with Crippen molar-refractivity contribution in [3.8, 4) is 11.4 Å². The second-order valence-corrected chi connectivity index (χ2v) is 5.26. The fourth-order valence-corrected chi connectivity index (χ4v) is 2.29. The van der Waals surface area contributed by atoms with Crippen molar-refractivity contribution in [1.82, 2.24) is 15.2 Å². The van der Waals surface area contributed by atoms with E-state index in [-0.39, 0.29) is 5.91 Å². The molecule has 0 spiro atoms. The lowest BCUT2D eigenvalue weighted by Crippen LogP contribution is -2.15. The molecule has 2 amide bonds. The number of carbonyl (C=O) groups is 2. The van der Waals surface area contributed by atoms with Crippen LogP contribution in [0.2, 0.25) is 0 Å². The molecular weight excluding hydrogens is 306 g/mol. The minimum atomic E-state index is -0.528. The summed E-state index contributed by atoms with van der Waals surface area (Å²) in [6, 6.07) is 12.0. The predicted octanol–water partition coefficient (Wildman–Crippen LogP) is 2.13. The lowest BCUT2D eigenvalue weighted by molar-refractivity contribution is 0.0995. The van der Waals surface area contributed by atoms with Crippen molar-refractivity contribution < 1.29 is 9.59 Å². The molecule has 1 heterocycles. The summed E-state index contributed by atoms with van der Waals surface area (Å²) in [5.41, 5.74) is 8.29. The lowest BCUT2D eigenvalue weighted by atomic mass is 10.1. The van der Waals surface area contributed by atoms with Crippen LogP contribution in [-0.4, -0.2) is 27.0 Å². The Kier molecular flexibility index (Phi) is 4.07. The van der Waals surface area contributed by atoms with Gasteiger partial charge in [-0.3, -0.25) is 14.7 Å². The average Bonchev–Trinajstić information content (AvgIpc) is 3.11. The van der Waals surface area contributed by atoms with Crippen LogP contribution in [0.15, 0.2) is 48.8 Å². The topological polar surface area (TPSA) is 114 Å². The molecule has 24 heavy (non-hydrogen) atoms. The van der Waals surface area contributed by atoms with Gasteiger partial charge in [-0.2, -0.15) is 5.10 Å². The van der Waals surface area contributed by atoms with E-state index in [1.54, 1.807) is 49.4 Å². The molecule has 0 saturated heterocycles. The molecule has 0 aliphatic rings. The zero-order valence-corrected chi connectivity index (χ0v) is 12.9. The van der Waals surface area contributed by atoms with E-state index in [9.17, 15) is 9.59 Å². The molecule has 7 nitrogen and oxygen atoms in total. The molecule has 4 N–H and O–H groups in total. The number of aromatic nitrogens is 3. The molecule has 0 fully saturated rings. The van der Waals surface area contributed by atoms with Gasteiger partial charge in [0.25, 0.3) is 5.91 Å². The lowest BCUT2D eigenvalue weighted by Gasteiger charge is -2.08. The molecule has 0 aliphatic carbocycles. The number of amides is 2. The van der Waals surface area contributed by atoms with Crippen molar-refractivity contribution in [2.45, 2.75) is 6.92 Å². The normalized spacial score (nSPS) is 10.4. The quantitative estimate of drug-likeness (QED) is 0.683. The second-order valence-electron chi connectivity index (χ2n) is 5.26. The fourth-order valence-electron chi connectivity index (χ4n) is 2.29. The first kappa shape index (κ1) is 15.4. The molecule has 3 aromatic rings. The van der Waals surface area contributed by atoms with Gasteiger partial charge in [-0.15, -0.1) is 0 Å². The first-order chi connectivity index (χ1) is 11.5. The first-order valence-corrected chi connectivity index (χ1v) is 7.22. The highest BCUT2D eigenvalue weighted by Crippen LogP contribution is 2.18. The molecule has 1 aromatic heterocycles.